The molecular formula is C8H15NO3. The van der Waals surface area contributed by atoms with E-state index in [1.54, 1.807) is 13.0 Å². The molecule has 0 atom stereocenters. The monoisotopic (exact) mass is 173 g/mol. The number of allylic oxidation sites excluding steroid dienone is 3. The van der Waals surface area contributed by atoms with Crippen LogP contribution in [0.1, 0.15) is 20.3 Å². The van der Waals surface area contributed by atoms with Gasteiger partial charge in [0.15, 0.2) is 0 Å². The SMILES string of the molecule is C/C=C(\C=C/CC)[N+](=O)[O-].CO. The molecule has 0 saturated carbocycles. The van der Waals surface area contributed by atoms with Gasteiger partial charge in [-0.25, -0.2) is 0 Å². The van der Waals surface area contributed by atoms with Crippen LogP contribution in [-0.4, -0.2) is 17.1 Å². The second-order valence-corrected chi connectivity index (χ2v) is 1.78. The van der Waals surface area contributed by atoms with Gasteiger partial charge in [-0.3, -0.25) is 10.1 Å². The van der Waals surface area contributed by atoms with Gasteiger partial charge in [-0.05, 0) is 19.4 Å². The summed E-state index contributed by atoms with van der Waals surface area (Å²) < 4.78 is 0. The molecule has 0 fully saturated rings. The maximum Gasteiger partial charge on any atom is 0.264 e. The topological polar surface area (TPSA) is 63.4 Å². The quantitative estimate of drug-likeness (QED) is 0.401. The maximum atomic E-state index is 10.1. The van der Waals surface area contributed by atoms with Crippen molar-refractivity contribution in [1.82, 2.24) is 0 Å². The van der Waals surface area contributed by atoms with Gasteiger partial charge in [0.05, 0.1) is 4.92 Å². The van der Waals surface area contributed by atoms with Gasteiger partial charge < -0.3 is 5.11 Å². The number of nitrogens with zero attached hydrogens (tertiary/aromatic N) is 1. The lowest BCUT2D eigenvalue weighted by molar-refractivity contribution is -0.419. The first kappa shape index (κ1) is 13.4. The molecule has 0 aromatic rings. The molecule has 0 unspecified atom stereocenters. The van der Waals surface area contributed by atoms with E-state index in [2.05, 4.69) is 0 Å². The Labute approximate surface area is 72.4 Å². The fraction of sp³-hybridized carbons (Fsp3) is 0.500. The minimum Gasteiger partial charge on any atom is -0.400 e. The van der Waals surface area contributed by atoms with Crippen molar-refractivity contribution < 1.29 is 10.0 Å². The third-order valence-electron chi connectivity index (χ3n) is 1.03. The van der Waals surface area contributed by atoms with Gasteiger partial charge in [-0.1, -0.05) is 13.0 Å². The van der Waals surface area contributed by atoms with Gasteiger partial charge in [-0.15, -0.1) is 0 Å². The largest absolute Gasteiger partial charge is 0.400 e. The highest BCUT2D eigenvalue weighted by molar-refractivity contribution is 5.09. The van der Waals surface area contributed by atoms with E-state index in [0.717, 1.165) is 13.5 Å². The Bertz CT molecular complexity index is 173. The number of hydrogen-bond donors (Lipinski definition) is 1. The Kier molecular flexibility index (Phi) is 11.0. The predicted molar refractivity (Wildman–Crippen MR) is 48.3 cm³/mol. The Morgan fingerprint density at radius 1 is 1.58 bits per heavy atom. The summed E-state index contributed by atoms with van der Waals surface area (Å²) in [5.41, 5.74) is 0.154. The summed E-state index contributed by atoms with van der Waals surface area (Å²) in [4.78, 5) is 9.73. The van der Waals surface area contributed by atoms with Crippen molar-refractivity contribution in [2.24, 2.45) is 0 Å². The van der Waals surface area contributed by atoms with Gasteiger partial charge in [-0.2, -0.15) is 0 Å². The first-order valence-corrected chi connectivity index (χ1v) is 3.64. The molecular weight excluding hydrogens is 158 g/mol. The van der Waals surface area contributed by atoms with Crippen LogP contribution in [0.25, 0.3) is 0 Å². The lowest BCUT2D eigenvalue weighted by Crippen LogP contribution is -1.93. The van der Waals surface area contributed by atoms with E-state index in [4.69, 9.17) is 5.11 Å². The second kappa shape index (κ2) is 9.84. The third-order valence-corrected chi connectivity index (χ3v) is 1.03. The molecule has 0 aromatic carbocycles. The molecule has 0 radical (unpaired) electrons. The standard InChI is InChI=1S/C7H11NO2.CH4O/c1-3-5-6-7(4-2)8(9)10;1-2/h4-6H,3H2,1-2H3;2H,1H3/b6-5-,7-4+;. The molecule has 0 aliphatic carbocycles. The number of aliphatic hydroxyl groups excluding tert-OH is 1. The highest BCUT2D eigenvalue weighted by Gasteiger charge is 2.00. The fourth-order valence-corrected chi connectivity index (χ4v) is 0.501. The van der Waals surface area contributed by atoms with E-state index in [1.165, 1.54) is 12.2 Å². The predicted octanol–water partition coefficient (Wildman–Crippen LogP) is 1.74. The molecule has 1 N–H and O–H groups in total. The first-order chi connectivity index (χ1) is 5.72. The summed E-state index contributed by atoms with van der Waals surface area (Å²) in [6, 6.07) is 0. The highest BCUT2D eigenvalue weighted by Crippen LogP contribution is 1.97. The van der Waals surface area contributed by atoms with Crippen LogP contribution in [0.2, 0.25) is 0 Å². The Hall–Kier alpha value is -1.16. The molecule has 0 heterocycles. The van der Waals surface area contributed by atoms with Crippen molar-refractivity contribution in [3.05, 3.63) is 34.0 Å². The zero-order valence-electron chi connectivity index (χ0n) is 7.65. The van der Waals surface area contributed by atoms with Gasteiger partial charge in [0.1, 0.15) is 0 Å². The molecule has 70 valence electrons. The molecule has 4 heteroatoms. The molecule has 0 bridgehead atoms. The first-order valence-electron chi connectivity index (χ1n) is 3.64. The molecule has 12 heavy (non-hydrogen) atoms. The van der Waals surface area contributed by atoms with E-state index < -0.39 is 4.92 Å². The van der Waals surface area contributed by atoms with Crippen molar-refractivity contribution in [2.75, 3.05) is 7.11 Å². The van der Waals surface area contributed by atoms with Crippen LogP contribution < -0.4 is 0 Å². The van der Waals surface area contributed by atoms with Gasteiger partial charge in [0, 0.05) is 13.2 Å². The van der Waals surface area contributed by atoms with Gasteiger partial charge >= 0.3 is 0 Å². The van der Waals surface area contributed by atoms with Gasteiger partial charge in [0.2, 0.25) is 0 Å². The summed E-state index contributed by atoms with van der Waals surface area (Å²) in [6.45, 7) is 3.59. The average Bonchev–Trinajstić information content (AvgIpc) is 2.09. The van der Waals surface area contributed by atoms with Crippen LogP contribution in [0.15, 0.2) is 23.9 Å². The van der Waals surface area contributed by atoms with Crippen molar-refractivity contribution in [3.8, 4) is 0 Å². The van der Waals surface area contributed by atoms with Crippen LogP contribution in [-0.2, 0) is 0 Å². The Morgan fingerprint density at radius 2 is 2.08 bits per heavy atom. The molecule has 0 rings (SSSR count). The summed E-state index contributed by atoms with van der Waals surface area (Å²) in [7, 11) is 1.00. The van der Waals surface area contributed by atoms with Crippen molar-refractivity contribution >= 4 is 0 Å². The molecule has 0 spiro atoms. The molecule has 0 aliphatic heterocycles. The smallest absolute Gasteiger partial charge is 0.264 e. The highest BCUT2D eigenvalue weighted by atomic mass is 16.6. The van der Waals surface area contributed by atoms with E-state index in [0.29, 0.717) is 0 Å². The summed E-state index contributed by atoms with van der Waals surface area (Å²) >= 11 is 0. The molecule has 0 saturated heterocycles. The Morgan fingerprint density at radius 3 is 2.33 bits per heavy atom. The second-order valence-electron chi connectivity index (χ2n) is 1.78. The summed E-state index contributed by atoms with van der Waals surface area (Å²) in [6.07, 6.45) is 5.58. The zero-order valence-corrected chi connectivity index (χ0v) is 7.65. The van der Waals surface area contributed by atoms with Crippen LogP contribution in [0, 0.1) is 10.1 Å². The molecule has 0 amide bonds. The van der Waals surface area contributed by atoms with Crippen molar-refractivity contribution in [3.63, 3.8) is 0 Å². The fourth-order valence-electron chi connectivity index (χ4n) is 0.501. The lowest BCUT2D eigenvalue weighted by Gasteiger charge is -1.86. The average molecular weight is 173 g/mol. The number of rotatable bonds is 3. The zero-order chi connectivity index (χ0) is 9.98. The van der Waals surface area contributed by atoms with E-state index in [1.807, 2.05) is 6.92 Å². The summed E-state index contributed by atoms with van der Waals surface area (Å²) in [5, 5.41) is 17.1. The lowest BCUT2D eigenvalue weighted by atomic mass is 10.3. The molecule has 4 nitrogen and oxygen atoms in total. The summed E-state index contributed by atoms with van der Waals surface area (Å²) in [5.74, 6) is 0. The van der Waals surface area contributed by atoms with E-state index >= 15 is 0 Å². The van der Waals surface area contributed by atoms with Crippen molar-refractivity contribution in [1.29, 1.82) is 0 Å². The molecule has 0 aromatic heterocycles. The van der Waals surface area contributed by atoms with Crippen LogP contribution in [0.4, 0.5) is 0 Å². The third kappa shape index (κ3) is 6.95. The van der Waals surface area contributed by atoms with Crippen molar-refractivity contribution in [2.45, 2.75) is 20.3 Å². The minimum atomic E-state index is -0.397. The number of nitro groups is 1. The number of hydrogen-bond acceptors (Lipinski definition) is 3. The number of aliphatic hydroxyl groups is 1. The molecule has 0 aliphatic rings. The van der Waals surface area contributed by atoms with E-state index in [9.17, 15) is 10.1 Å². The normalized spacial score (nSPS) is 10.8. The minimum absolute atomic E-state index is 0.154. The van der Waals surface area contributed by atoms with Crippen LogP contribution in [0.5, 0.6) is 0 Å². The van der Waals surface area contributed by atoms with Crippen LogP contribution >= 0.6 is 0 Å². The van der Waals surface area contributed by atoms with Crippen LogP contribution in [0.3, 0.4) is 0 Å². The maximum absolute atomic E-state index is 10.1. The Balaban J connectivity index is 0. The van der Waals surface area contributed by atoms with Gasteiger partial charge in [0.25, 0.3) is 5.70 Å². The van der Waals surface area contributed by atoms with E-state index in [-0.39, 0.29) is 5.70 Å².